The van der Waals surface area contributed by atoms with E-state index < -0.39 is 0 Å². The number of hydrogen-bond acceptors (Lipinski definition) is 1. The van der Waals surface area contributed by atoms with Gasteiger partial charge in [0, 0.05) is 11.4 Å². The Kier molecular flexibility index (Phi) is 3.81. The molecule has 1 aliphatic heterocycles. The zero-order valence-corrected chi connectivity index (χ0v) is 10.7. The highest BCUT2D eigenvalue weighted by atomic mass is 79.9. The van der Waals surface area contributed by atoms with Crippen LogP contribution >= 0.6 is 15.9 Å². The standard InChI is InChI=1S/C13H17BrO/c1-10-4-6-11(7-5-10)13(14)12-3-2-8-15-9-12/h4-7,12-13H,2-3,8-9H2,1H3. The molecule has 0 bridgehead atoms. The fraction of sp³-hybridized carbons (Fsp3) is 0.538. The Labute approximate surface area is 100.0 Å². The number of ether oxygens (including phenoxy) is 1. The molecule has 2 unspecified atom stereocenters. The molecule has 1 saturated heterocycles. The van der Waals surface area contributed by atoms with Crippen molar-refractivity contribution in [1.82, 2.24) is 0 Å². The lowest BCUT2D eigenvalue weighted by molar-refractivity contribution is 0.0546. The number of halogens is 1. The number of alkyl halides is 1. The molecule has 1 aromatic carbocycles. The van der Waals surface area contributed by atoms with Crippen molar-refractivity contribution < 1.29 is 4.74 Å². The predicted molar refractivity (Wildman–Crippen MR) is 66.4 cm³/mol. The van der Waals surface area contributed by atoms with Crippen LogP contribution in [0, 0.1) is 12.8 Å². The van der Waals surface area contributed by atoms with Crippen LogP contribution in [0.25, 0.3) is 0 Å². The topological polar surface area (TPSA) is 9.23 Å². The summed E-state index contributed by atoms with van der Waals surface area (Å²) in [7, 11) is 0. The molecule has 0 N–H and O–H groups in total. The molecule has 0 saturated carbocycles. The van der Waals surface area contributed by atoms with E-state index in [9.17, 15) is 0 Å². The highest BCUT2D eigenvalue weighted by molar-refractivity contribution is 9.09. The third-order valence-corrected chi connectivity index (χ3v) is 4.28. The molecular weight excluding hydrogens is 252 g/mol. The van der Waals surface area contributed by atoms with Gasteiger partial charge in [0.2, 0.25) is 0 Å². The largest absolute Gasteiger partial charge is 0.381 e. The van der Waals surface area contributed by atoms with Gasteiger partial charge in [0.05, 0.1) is 6.61 Å². The quantitative estimate of drug-likeness (QED) is 0.741. The lowest BCUT2D eigenvalue weighted by atomic mass is 9.94. The third kappa shape index (κ3) is 2.82. The van der Waals surface area contributed by atoms with Crippen molar-refractivity contribution in [2.24, 2.45) is 5.92 Å². The van der Waals surface area contributed by atoms with E-state index in [-0.39, 0.29) is 0 Å². The molecule has 1 fully saturated rings. The second-order valence-corrected chi connectivity index (χ2v) is 5.28. The minimum Gasteiger partial charge on any atom is -0.381 e. The maximum absolute atomic E-state index is 5.52. The van der Waals surface area contributed by atoms with E-state index in [1.54, 1.807) is 0 Å². The number of aryl methyl sites for hydroxylation is 1. The number of hydrogen-bond donors (Lipinski definition) is 0. The zero-order chi connectivity index (χ0) is 10.7. The zero-order valence-electron chi connectivity index (χ0n) is 9.08. The van der Waals surface area contributed by atoms with E-state index in [1.165, 1.54) is 24.0 Å². The van der Waals surface area contributed by atoms with Crippen LogP contribution in [0.3, 0.4) is 0 Å². The van der Waals surface area contributed by atoms with E-state index in [0.717, 1.165) is 13.2 Å². The van der Waals surface area contributed by atoms with Gasteiger partial charge in [0.15, 0.2) is 0 Å². The van der Waals surface area contributed by atoms with Crippen LogP contribution in [0.2, 0.25) is 0 Å². The Morgan fingerprint density at radius 1 is 1.33 bits per heavy atom. The molecule has 0 aromatic heterocycles. The van der Waals surface area contributed by atoms with Crippen molar-refractivity contribution in [2.45, 2.75) is 24.6 Å². The van der Waals surface area contributed by atoms with Crippen molar-refractivity contribution in [2.75, 3.05) is 13.2 Å². The van der Waals surface area contributed by atoms with Crippen LogP contribution in [0.5, 0.6) is 0 Å². The Hall–Kier alpha value is -0.340. The van der Waals surface area contributed by atoms with Crippen molar-refractivity contribution in [3.05, 3.63) is 35.4 Å². The summed E-state index contributed by atoms with van der Waals surface area (Å²) in [5, 5.41) is 0. The van der Waals surface area contributed by atoms with Crippen LogP contribution in [-0.4, -0.2) is 13.2 Å². The van der Waals surface area contributed by atoms with Gasteiger partial charge >= 0.3 is 0 Å². The summed E-state index contributed by atoms with van der Waals surface area (Å²) in [5.41, 5.74) is 2.69. The van der Waals surface area contributed by atoms with Crippen LogP contribution in [0.15, 0.2) is 24.3 Å². The summed E-state index contributed by atoms with van der Waals surface area (Å²) in [6.45, 7) is 3.95. The summed E-state index contributed by atoms with van der Waals surface area (Å²) in [5.74, 6) is 0.626. The first-order chi connectivity index (χ1) is 7.27. The second-order valence-electron chi connectivity index (χ2n) is 4.29. The molecular formula is C13H17BrO. The molecule has 1 aliphatic rings. The van der Waals surface area contributed by atoms with Gasteiger partial charge in [-0.15, -0.1) is 0 Å². The number of rotatable bonds is 2. The van der Waals surface area contributed by atoms with E-state index in [0.29, 0.717) is 10.7 Å². The normalized spacial score (nSPS) is 23.7. The van der Waals surface area contributed by atoms with Crippen LogP contribution in [-0.2, 0) is 4.74 Å². The molecule has 0 aliphatic carbocycles. The molecule has 1 heterocycles. The smallest absolute Gasteiger partial charge is 0.0508 e. The molecule has 2 heteroatoms. The highest BCUT2D eigenvalue weighted by Crippen LogP contribution is 2.35. The highest BCUT2D eigenvalue weighted by Gasteiger charge is 2.23. The van der Waals surface area contributed by atoms with Crippen molar-refractivity contribution in [3.63, 3.8) is 0 Å². The Bertz CT molecular complexity index is 301. The summed E-state index contributed by atoms with van der Waals surface area (Å²) in [6, 6.07) is 8.77. The molecule has 1 nitrogen and oxygen atoms in total. The van der Waals surface area contributed by atoms with E-state index in [4.69, 9.17) is 4.74 Å². The minimum atomic E-state index is 0.443. The average Bonchev–Trinajstić information content (AvgIpc) is 2.30. The Balaban J connectivity index is 2.05. The Morgan fingerprint density at radius 2 is 2.07 bits per heavy atom. The first kappa shape index (κ1) is 11.2. The molecule has 0 amide bonds. The first-order valence-corrected chi connectivity index (χ1v) is 6.47. The Morgan fingerprint density at radius 3 is 2.67 bits per heavy atom. The molecule has 1 aromatic rings. The summed E-state index contributed by atoms with van der Waals surface area (Å²) in [4.78, 5) is 0.443. The molecule has 0 radical (unpaired) electrons. The minimum absolute atomic E-state index is 0.443. The first-order valence-electron chi connectivity index (χ1n) is 5.56. The molecule has 2 atom stereocenters. The molecule has 82 valence electrons. The van der Waals surface area contributed by atoms with E-state index in [2.05, 4.69) is 47.1 Å². The van der Waals surface area contributed by atoms with Gasteiger partial charge in [-0.25, -0.2) is 0 Å². The van der Waals surface area contributed by atoms with Gasteiger partial charge in [-0.1, -0.05) is 45.8 Å². The van der Waals surface area contributed by atoms with Crippen LogP contribution in [0.1, 0.15) is 28.8 Å². The maximum Gasteiger partial charge on any atom is 0.0508 e. The summed E-state index contributed by atoms with van der Waals surface area (Å²) in [6.07, 6.45) is 2.46. The van der Waals surface area contributed by atoms with Crippen molar-refractivity contribution in [3.8, 4) is 0 Å². The van der Waals surface area contributed by atoms with Crippen molar-refractivity contribution >= 4 is 15.9 Å². The maximum atomic E-state index is 5.52. The van der Waals surface area contributed by atoms with E-state index in [1.807, 2.05) is 0 Å². The van der Waals surface area contributed by atoms with Crippen LogP contribution < -0.4 is 0 Å². The third-order valence-electron chi connectivity index (χ3n) is 3.01. The number of benzene rings is 1. The lowest BCUT2D eigenvalue weighted by Crippen LogP contribution is -2.20. The van der Waals surface area contributed by atoms with Crippen molar-refractivity contribution in [1.29, 1.82) is 0 Å². The van der Waals surface area contributed by atoms with Gasteiger partial charge in [-0.05, 0) is 31.2 Å². The van der Waals surface area contributed by atoms with Gasteiger partial charge in [0.25, 0.3) is 0 Å². The second kappa shape index (κ2) is 5.13. The monoisotopic (exact) mass is 268 g/mol. The fourth-order valence-corrected chi connectivity index (χ4v) is 2.74. The SMILES string of the molecule is Cc1ccc(C(Br)C2CCCOC2)cc1. The molecule has 0 spiro atoms. The predicted octanol–water partition coefficient (Wildman–Crippen LogP) is 3.86. The van der Waals surface area contributed by atoms with Gasteiger partial charge in [-0.3, -0.25) is 0 Å². The average molecular weight is 269 g/mol. The van der Waals surface area contributed by atoms with Gasteiger partial charge in [-0.2, -0.15) is 0 Å². The summed E-state index contributed by atoms with van der Waals surface area (Å²) >= 11 is 3.79. The molecule has 2 rings (SSSR count). The lowest BCUT2D eigenvalue weighted by Gasteiger charge is -2.26. The fourth-order valence-electron chi connectivity index (χ4n) is 2.02. The molecule has 15 heavy (non-hydrogen) atoms. The van der Waals surface area contributed by atoms with Gasteiger partial charge in [0.1, 0.15) is 0 Å². The van der Waals surface area contributed by atoms with Gasteiger partial charge < -0.3 is 4.74 Å². The van der Waals surface area contributed by atoms with E-state index >= 15 is 0 Å². The van der Waals surface area contributed by atoms with Crippen LogP contribution in [0.4, 0.5) is 0 Å². The summed E-state index contributed by atoms with van der Waals surface area (Å²) < 4.78 is 5.52.